The zero-order valence-corrected chi connectivity index (χ0v) is 10.4. The van der Waals surface area contributed by atoms with Crippen LogP contribution >= 0.6 is 0 Å². The van der Waals surface area contributed by atoms with Crippen molar-refractivity contribution in [1.29, 1.82) is 0 Å². The predicted octanol–water partition coefficient (Wildman–Crippen LogP) is 3.14. The molecule has 90 valence electrons. The number of methoxy groups -OCH3 is 1. The average Bonchev–Trinajstić information content (AvgIpc) is 2.34. The van der Waals surface area contributed by atoms with Crippen LogP contribution in [-0.4, -0.2) is 13.7 Å². The standard InChI is InChI=1S/C14H23NO/c1-12(8-6-7-11-16-2)14(15)13-9-4-3-5-10-13/h3-5,9-10,12,14H,6-8,11,15H2,1-2H3. The molecule has 16 heavy (non-hydrogen) atoms. The Morgan fingerprint density at radius 3 is 2.50 bits per heavy atom. The van der Waals surface area contributed by atoms with Crippen LogP contribution in [0.2, 0.25) is 0 Å². The molecule has 2 N–H and O–H groups in total. The molecular formula is C14H23NO. The first-order valence-corrected chi connectivity index (χ1v) is 6.05. The van der Waals surface area contributed by atoms with Gasteiger partial charge in [0.25, 0.3) is 0 Å². The third kappa shape index (κ3) is 4.33. The van der Waals surface area contributed by atoms with Crippen LogP contribution in [0.1, 0.15) is 37.8 Å². The fourth-order valence-corrected chi connectivity index (χ4v) is 1.90. The van der Waals surface area contributed by atoms with Crippen LogP contribution in [0.25, 0.3) is 0 Å². The third-order valence-electron chi connectivity index (χ3n) is 3.06. The number of ether oxygens (including phenoxy) is 1. The summed E-state index contributed by atoms with van der Waals surface area (Å²) < 4.78 is 5.04. The molecule has 0 spiro atoms. The van der Waals surface area contributed by atoms with Gasteiger partial charge in [-0.25, -0.2) is 0 Å². The topological polar surface area (TPSA) is 35.2 Å². The highest BCUT2D eigenvalue weighted by Crippen LogP contribution is 2.23. The highest BCUT2D eigenvalue weighted by atomic mass is 16.5. The molecule has 0 saturated carbocycles. The van der Waals surface area contributed by atoms with Gasteiger partial charge in [0.1, 0.15) is 0 Å². The summed E-state index contributed by atoms with van der Waals surface area (Å²) in [6, 6.07) is 10.5. The molecule has 2 unspecified atom stereocenters. The lowest BCUT2D eigenvalue weighted by atomic mass is 9.91. The van der Waals surface area contributed by atoms with Crippen molar-refractivity contribution in [3.8, 4) is 0 Å². The molecule has 0 radical (unpaired) electrons. The summed E-state index contributed by atoms with van der Waals surface area (Å²) >= 11 is 0. The first kappa shape index (κ1) is 13.2. The fraction of sp³-hybridized carbons (Fsp3) is 0.571. The van der Waals surface area contributed by atoms with Gasteiger partial charge in [0, 0.05) is 19.8 Å². The van der Waals surface area contributed by atoms with Gasteiger partial charge < -0.3 is 10.5 Å². The van der Waals surface area contributed by atoms with Crippen LogP contribution in [0, 0.1) is 5.92 Å². The van der Waals surface area contributed by atoms with Gasteiger partial charge >= 0.3 is 0 Å². The van der Waals surface area contributed by atoms with Crippen molar-refractivity contribution in [2.45, 2.75) is 32.2 Å². The van der Waals surface area contributed by atoms with Crippen molar-refractivity contribution in [3.63, 3.8) is 0 Å². The monoisotopic (exact) mass is 221 g/mol. The third-order valence-corrected chi connectivity index (χ3v) is 3.06. The van der Waals surface area contributed by atoms with E-state index in [1.54, 1.807) is 7.11 Å². The fourth-order valence-electron chi connectivity index (χ4n) is 1.90. The first-order valence-electron chi connectivity index (χ1n) is 6.05. The van der Waals surface area contributed by atoms with Gasteiger partial charge in [-0.15, -0.1) is 0 Å². The molecule has 1 aromatic carbocycles. The molecule has 0 fully saturated rings. The van der Waals surface area contributed by atoms with Crippen LogP contribution < -0.4 is 5.73 Å². The minimum atomic E-state index is 0.156. The zero-order valence-electron chi connectivity index (χ0n) is 10.4. The molecule has 0 saturated heterocycles. The number of hydrogen-bond donors (Lipinski definition) is 1. The number of hydrogen-bond acceptors (Lipinski definition) is 2. The van der Waals surface area contributed by atoms with Gasteiger partial charge in [0.15, 0.2) is 0 Å². The van der Waals surface area contributed by atoms with Gasteiger partial charge in [-0.05, 0) is 24.3 Å². The van der Waals surface area contributed by atoms with Crippen molar-refractivity contribution in [3.05, 3.63) is 35.9 Å². The summed E-state index contributed by atoms with van der Waals surface area (Å²) in [6.45, 7) is 3.08. The van der Waals surface area contributed by atoms with Crippen molar-refractivity contribution in [2.24, 2.45) is 11.7 Å². The molecule has 0 aliphatic heterocycles. The summed E-state index contributed by atoms with van der Waals surface area (Å²) in [5.74, 6) is 0.527. The Bertz CT molecular complexity index is 273. The Hall–Kier alpha value is -0.860. The summed E-state index contributed by atoms with van der Waals surface area (Å²) in [4.78, 5) is 0. The van der Waals surface area contributed by atoms with Crippen LogP contribution in [0.5, 0.6) is 0 Å². The minimum Gasteiger partial charge on any atom is -0.385 e. The second kappa shape index (κ2) is 7.42. The Morgan fingerprint density at radius 2 is 1.88 bits per heavy atom. The van der Waals surface area contributed by atoms with E-state index in [4.69, 9.17) is 10.5 Å². The average molecular weight is 221 g/mol. The van der Waals surface area contributed by atoms with Gasteiger partial charge in [-0.3, -0.25) is 0 Å². The van der Waals surface area contributed by atoms with E-state index in [0.717, 1.165) is 13.0 Å². The van der Waals surface area contributed by atoms with E-state index >= 15 is 0 Å². The second-order valence-corrected chi connectivity index (χ2v) is 4.40. The molecule has 1 rings (SSSR count). The molecule has 0 aromatic heterocycles. The molecule has 0 bridgehead atoms. The number of unbranched alkanes of at least 4 members (excludes halogenated alkanes) is 1. The molecule has 0 amide bonds. The molecule has 0 aliphatic carbocycles. The second-order valence-electron chi connectivity index (χ2n) is 4.40. The maximum Gasteiger partial charge on any atom is 0.0462 e. The van der Waals surface area contributed by atoms with Crippen molar-refractivity contribution in [1.82, 2.24) is 0 Å². The maximum atomic E-state index is 6.22. The number of benzene rings is 1. The minimum absolute atomic E-state index is 0.156. The highest BCUT2D eigenvalue weighted by Gasteiger charge is 2.13. The quantitative estimate of drug-likeness (QED) is 0.718. The lowest BCUT2D eigenvalue weighted by Crippen LogP contribution is -2.19. The van der Waals surface area contributed by atoms with Crippen LogP contribution in [0.4, 0.5) is 0 Å². The van der Waals surface area contributed by atoms with Gasteiger partial charge in [-0.2, -0.15) is 0 Å². The zero-order chi connectivity index (χ0) is 11.8. The lowest BCUT2D eigenvalue weighted by Gasteiger charge is -2.20. The van der Waals surface area contributed by atoms with Crippen molar-refractivity contribution < 1.29 is 4.74 Å². The first-order chi connectivity index (χ1) is 7.75. The van der Waals surface area contributed by atoms with E-state index < -0.39 is 0 Å². The summed E-state index contributed by atoms with van der Waals surface area (Å²) in [6.07, 6.45) is 3.48. The summed E-state index contributed by atoms with van der Waals surface area (Å²) in [5, 5.41) is 0. The molecular weight excluding hydrogens is 198 g/mol. The molecule has 0 aliphatic rings. The van der Waals surface area contributed by atoms with E-state index in [9.17, 15) is 0 Å². The van der Waals surface area contributed by atoms with E-state index in [-0.39, 0.29) is 6.04 Å². The Labute approximate surface area is 98.8 Å². The van der Waals surface area contributed by atoms with Gasteiger partial charge in [-0.1, -0.05) is 43.7 Å². The highest BCUT2D eigenvalue weighted by molar-refractivity contribution is 5.18. The van der Waals surface area contributed by atoms with Gasteiger partial charge in [0.05, 0.1) is 0 Å². The normalized spacial score (nSPS) is 14.7. The van der Waals surface area contributed by atoms with Crippen molar-refractivity contribution >= 4 is 0 Å². The van der Waals surface area contributed by atoms with E-state index in [0.29, 0.717) is 5.92 Å². The molecule has 2 heteroatoms. The largest absolute Gasteiger partial charge is 0.385 e. The Balaban J connectivity index is 2.33. The predicted molar refractivity (Wildman–Crippen MR) is 68.3 cm³/mol. The summed E-state index contributed by atoms with van der Waals surface area (Å²) in [5.41, 5.74) is 7.46. The van der Waals surface area contributed by atoms with Crippen LogP contribution in [0.3, 0.4) is 0 Å². The summed E-state index contributed by atoms with van der Waals surface area (Å²) in [7, 11) is 1.75. The smallest absolute Gasteiger partial charge is 0.0462 e. The number of rotatable bonds is 7. The van der Waals surface area contributed by atoms with Crippen LogP contribution in [-0.2, 0) is 4.74 Å². The molecule has 2 atom stereocenters. The van der Waals surface area contributed by atoms with Crippen molar-refractivity contribution in [2.75, 3.05) is 13.7 Å². The number of nitrogens with two attached hydrogens (primary N) is 1. The van der Waals surface area contributed by atoms with E-state index in [1.165, 1.54) is 18.4 Å². The molecule has 0 heterocycles. The molecule has 2 nitrogen and oxygen atoms in total. The Morgan fingerprint density at radius 1 is 1.19 bits per heavy atom. The SMILES string of the molecule is COCCCCC(C)C(N)c1ccccc1. The maximum absolute atomic E-state index is 6.22. The van der Waals surface area contributed by atoms with E-state index in [1.807, 2.05) is 18.2 Å². The van der Waals surface area contributed by atoms with Crippen LogP contribution in [0.15, 0.2) is 30.3 Å². The molecule has 1 aromatic rings. The van der Waals surface area contributed by atoms with Gasteiger partial charge in [0.2, 0.25) is 0 Å². The van der Waals surface area contributed by atoms with E-state index in [2.05, 4.69) is 19.1 Å². The Kier molecular flexibility index (Phi) is 6.12. The lowest BCUT2D eigenvalue weighted by molar-refractivity contribution is 0.189.